The highest BCUT2D eigenvalue weighted by Gasteiger charge is 2.49. The SMILES string of the molecule is CC(O)(COCc1ccccc1)C1(CN)CCOC1. The van der Waals surface area contributed by atoms with E-state index in [0.717, 1.165) is 12.0 Å². The Morgan fingerprint density at radius 2 is 2.16 bits per heavy atom. The molecule has 0 aliphatic carbocycles. The van der Waals surface area contributed by atoms with Crippen LogP contribution in [0.25, 0.3) is 0 Å². The molecular weight excluding hydrogens is 242 g/mol. The highest BCUT2D eigenvalue weighted by atomic mass is 16.5. The third kappa shape index (κ3) is 3.15. The Bertz CT molecular complexity index is 386. The summed E-state index contributed by atoms with van der Waals surface area (Å²) in [5, 5.41) is 10.7. The quantitative estimate of drug-likeness (QED) is 0.814. The lowest BCUT2D eigenvalue weighted by molar-refractivity contribution is -0.121. The van der Waals surface area contributed by atoms with Gasteiger partial charge in [0.2, 0.25) is 0 Å². The molecule has 19 heavy (non-hydrogen) atoms. The van der Waals surface area contributed by atoms with Crippen LogP contribution in [0.3, 0.4) is 0 Å². The number of benzene rings is 1. The van der Waals surface area contributed by atoms with Gasteiger partial charge in [0.25, 0.3) is 0 Å². The molecule has 0 radical (unpaired) electrons. The minimum atomic E-state index is -0.965. The number of ether oxygens (including phenoxy) is 2. The Morgan fingerprint density at radius 3 is 2.74 bits per heavy atom. The lowest BCUT2D eigenvalue weighted by Crippen LogP contribution is -2.54. The van der Waals surface area contributed by atoms with Crippen molar-refractivity contribution < 1.29 is 14.6 Å². The van der Waals surface area contributed by atoms with Crippen molar-refractivity contribution in [1.29, 1.82) is 0 Å². The maximum Gasteiger partial charge on any atom is 0.0943 e. The lowest BCUT2D eigenvalue weighted by atomic mass is 9.72. The number of aliphatic hydroxyl groups is 1. The summed E-state index contributed by atoms with van der Waals surface area (Å²) >= 11 is 0. The Morgan fingerprint density at radius 1 is 1.42 bits per heavy atom. The molecule has 1 aliphatic heterocycles. The van der Waals surface area contributed by atoms with Gasteiger partial charge < -0.3 is 20.3 Å². The van der Waals surface area contributed by atoms with Crippen LogP contribution in [-0.2, 0) is 16.1 Å². The van der Waals surface area contributed by atoms with Gasteiger partial charge in [-0.3, -0.25) is 0 Å². The van der Waals surface area contributed by atoms with E-state index in [1.165, 1.54) is 0 Å². The fraction of sp³-hybridized carbons (Fsp3) is 0.600. The Labute approximate surface area is 114 Å². The molecule has 4 heteroatoms. The molecule has 1 fully saturated rings. The van der Waals surface area contributed by atoms with Crippen LogP contribution >= 0.6 is 0 Å². The van der Waals surface area contributed by atoms with E-state index in [2.05, 4.69) is 0 Å². The molecule has 1 saturated heterocycles. The molecule has 0 amide bonds. The molecule has 106 valence electrons. The van der Waals surface area contributed by atoms with Crippen LogP contribution in [0.5, 0.6) is 0 Å². The molecule has 2 rings (SSSR count). The maximum absolute atomic E-state index is 10.7. The maximum atomic E-state index is 10.7. The molecule has 0 aromatic heterocycles. The Kier molecular flexibility index (Phi) is 4.58. The molecule has 2 atom stereocenters. The van der Waals surface area contributed by atoms with Crippen molar-refractivity contribution in [3.05, 3.63) is 35.9 Å². The molecule has 3 N–H and O–H groups in total. The third-order valence-electron chi connectivity index (χ3n) is 4.13. The normalized spacial score (nSPS) is 26.3. The van der Waals surface area contributed by atoms with Crippen LogP contribution < -0.4 is 5.73 Å². The van der Waals surface area contributed by atoms with Crippen LogP contribution in [0.4, 0.5) is 0 Å². The first-order valence-corrected chi connectivity index (χ1v) is 6.72. The van der Waals surface area contributed by atoms with Crippen LogP contribution in [0.15, 0.2) is 30.3 Å². The van der Waals surface area contributed by atoms with Gasteiger partial charge in [-0.05, 0) is 18.9 Å². The van der Waals surface area contributed by atoms with Gasteiger partial charge in [-0.2, -0.15) is 0 Å². The van der Waals surface area contributed by atoms with Crippen molar-refractivity contribution in [3.8, 4) is 0 Å². The van der Waals surface area contributed by atoms with Crippen molar-refractivity contribution in [3.63, 3.8) is 0 Å². The number of hydrogen-bond donors (Lipinski definition) is 2. The van der Waals surface area contributed by atoms with E-state index < -0.39 is 5.60 Å². The third-order valence-corrected chi connectivity index (χ3v) is 4.13. The van der Waals surface area contributed by atoms with Gasteiger partial charge in [-0.25, -0.2) is 0 Å². The van der Waals surface area contributed by atoms with E-state index in [1.807, 2.05) is 30.3 Å². The highest BCUT2D eigenvalue weighted by molar-refractivity contribution is 5.13. The molecule has 1 aromatic rings. The predicted octanol–water partition coefficient (Wildman–Crippen LogP) is 1.32. The summed E-state index contributed by atoms with van der Waals surface area (Å²) in [5.74, 6) is 0. The van der Waals surface area contributed by atoms with Gasteiger partial charge in [-0.15, -0.1) is 0 Å². The molecule has 1 aromatic carbocycles. The zero-order valence-corrected chi connectivity index (χ0v) is 11.5. The molecule has 4 nitrogen and oxygen atoms in total. The van der Waals surface area contributed by atoms with Crippen molar-refractivity contribution in [2.24, 2.45) is 11.1 Å². The summed E-state index contributed by atoms with van der Waals surface area (Å²) < 4.78 is 11.1. The van der Waals surface area contributed by atoms with Crippen LogP contribution in [0, 0.1) is 5.41 Å². The standard InChI is InChI=1S/C15H23NO3/c1-14(17,15(10-16)7-8-18-12-15)11-19-9-13-5-3-2-4-6-13/h2-6,17H,7-12,16H2,1H3. The first-order valence-electron chi connectivity index (χ1n) is 6.72. The average molecular weight is 265 g/mol. The molecule has 0 saturated carbocycles. The summed E-state index contributed by atoms with van der Waals surface area (Å²) in [7, 11) is 0. The van der Waals surface area contributed by atoms with Gasteiger partial charge in [0, 0.05) is 18.6 Å². The largest absolute Gasteiger partial charge is 0.387 e. The smallest absolute Gasteiger partial charge is 0.0943 e. The van der Waals surface area contributed by atoms with E-state index in [-0.39, 0.29) is 12.0 Å². The fourth-order valence-corrected chi connectivity index (χ4v) is 2.51. The van der Waals surface area contributed by atoms with E-state index >= 15 is 0 Å². The number of rotatable bonds is 6. The second-order valence-corrected chi connectivity index (χ2v) is 5.54. The molecular formula is C15H23NO3. The Hall–Kier alpha value is -0.940. The van der Waals surface area contributed by atoms with Gasteiger partial charge >= 0.3 is 0 Å². The molecule has 1 aliphatic rings. The van der Waals surface area contributed by atoms with Crippen molar-refractivity contribution in [2.45, 2.75) is 25.6 Å². The van der Waals surface area contributed by atoms with Crippen molar-refractivity contribution in [1.82, 2.24) is 0 Å². The fourth-order valence-electron chi connectivity index (χ4n) is 2.51. The summed E-state index contributed by atoms with van der Waals surface area (Å²) in [4.78, 5) is 0. The van der Waals surface area contributed by atoms with Crippen molar-refractivity contribution >= 4 is 0 Å². The summed E-state index contributed by atoms with van der Waals surface area (Å²) in [6.07, 6.45) is 0.783. The van der Waals surface area contributed by atoms with E-state index in [0.29, 0.717) is 26.4 Å². The second-order valence-electron chi connectivity index (χ2n) is 5.54. The van der Waals surface area contributed by atoms with Gasteiger partial charge in [0.1, 0.15) is 0 Å². The second kappa shape index (κ2) is 6.01. The van der Waals surface area contributed by atoms with E-state index in [1.54, 1.807) is 6.92 Å². The van der Waals surface area contributed by atoms with Gasteiger partial charge in [0.15, 0.2) is 0 Å². The monoisotopic (exact) mass is 265 g/mol. The van der Waals surface area contributed by atoms with Gasteiger partial charge in [0.05, 0.1) is 25.4 Å². The van der Waals surface area contributed by atoms with Crippen molar-refractivity contribution in [2.75, 3.05) is 26.4 Å². The zero-order chi connectivity index (χ0) is 13.8. The zero-order valence-electron chi connectivity index (χ0n) is 11.5. The van der Waals surface area contributed by atoms with E-state index in [9.17, 15) is 5.11 Å². The average Bonchev–Trinajstić information content (AvgIpc) is 2.90. The molecule has 1 heterocycles. The topological polar surface area (TPSA) is 64.7 Å². The predicted molar refractivity (Wildman–Crippen MR) is 73.6 cm³/mol. The number of nitrogens with two attached hydrogens (primary N) is 1. The first-order chi connectivity index (χ1) is 9.10. The van der Waals surface area contributed by atoms with E-state index in [4.69, 9.17) is 15.2 Å². The highest BCUT2D eigenvalue weighted by Crippen LogP contribution is 2.38. The Balaban J connectivity index is 1.90. The summed E-state index contributed by atoms with van der Waals surface area (Å²) in [6.45, 7) is 4.13. The summed E-state index contributed by atoms with van der Waals surface area (Å²) in [6, 6.07) is 9.93. The van der Waals surface area contributed by atoms with Crippen LogP contribution in [-0.4, -0.2) is 37.1 Å². The molecule has 2 unspecified atom stereocenters. The number of hydrogen-bond acceptors (Lipinski definition) is 4. The minimum absolute atomic E-state index is 0.266. The lowest BCUT2D eigenvalue weighted by Gasteiger charge is -2.40. The minimum Gasteiger partial charge on any atom is -0.387 e. The van der Waals surface area contributed by atoms with Crippen LogP contribution in [0.1, 0.15) is 18.9 Å². The molecule has 0 bridgehead atoms. The summed E-state index contributed by atoms with van der Waals surface area (Å²) in [5.41, 5.74) is 5.59. The van der Waals surface area contributed by atoms with Gasteiger partial charge in [-0.1, -0.05) is 30.3 Å². The van der Waals surface area contributed by atoms with Crippen LogP contribution in [0.2, 0.25) is 0 Å². The molecule has 0 spiro atoms. The first kappa shape index (κ1) is 14.5.